The first-order chi connectivity index (χ1) is 15.0. The first-order valence-electron chi connectivity index (χ1n) is 10.4. The fourth-order valence-electron chi connectivity index (χ4n) is 3.98. The van der Waals surface area contributed by atoms with Crippen LogP contribution in [0.2, 0.25) is 5.02 Å². The zero-order valence-electron chi connectivity index (χ0n) is 17.6. The summed E-state index contributed by atoms with van der Waals surface area (Å²) in [5.74, 6) is 1.50. The number of amides is 1. The highest BCUT2D eigenvalue weighted by Crippen LogP contribution is 2.28. The standard InChI is InChI=1S/C23H25ClN6O/c1-15-5-3-12-30(19(15)14-28-20-9-7-17(24)13-27-20)23(31)21-18(8-6-16(2)29-21)22-25-10-4-11-26-22/h4,6-11,13,15,19H,3,5,12,14H2,1-2H3,(H,27,28). The van der Waals surface area contributed by atoms with E-state index in [0.717, 1.165) is 24.4 Å². The minimum atomic E-state index is -0.0893. The summed E-state index contributed by atoms with van der Waals surface area (Å²) in [5.41, 5.74) is 1.84. The Morgan fingerprint density at radius 1 is 1.19 bits per heavy atom. The molecule has 3 aromatic heterocycles. The van der Waals surface area contributed by atoms with Crippen molar-refractivity contribution < 1.29 is 4.79 Å². The molecule has 2 unspecified atom stereocenters. The van der Waals surface area contributed by atoms with Crippen LogP contribution in [0.1, 0.15) is 35.9 Å². The van der Waals surface area contributed by atoms with Crippen LogP contribution in [-0.2, 0) is 0 Å². The zero-order chi connectivity index (χ0) is 21.8. The minimum Gasteiger partial charge on any atom is -0.368 e. The predicted molar refractivity (Wildman–Crippen MR) is 121 cm³/mol. The smallest absolute Gasteiger partial charge is 0.273 e. The van der Waals surface area contributed by atoms with Crippen molar-refractivity contribution in [3.05, 3.63) is 65.3 Å². The van der Waals surface area contributed by atoms with Crippen LogP contribution in [0.15, 0.2) is 48.9 Å². The van der Waals surface area contributed by atoms with Gasteiger partial charge in [0.05, 0.1) is 16.6 Å². The Balaban J connectivity index is 1.61. The molecule has 1 N–H and O–H groups in total. The largest absolute Gasteiger partial charge is 0.368 e. The lowest BCUT2D eigenvalue weighted by atomic mass is 9.90. The minimum absolute atomic E-state index is 0.0191. The number of hydrogen-bond donors (Lipinski definition) is 1. The third-order valence-electron chi connectivity index (χ3n) is 5.64. The van der Waals surface area contributed by atoms with E-state index in [1.165, 1.54) is 0 Å². The lowest BCUT2D eigenvalue weighted by molar-refractivity contribution is 0.0534. The van der Waals surface area contributed by atoms with Gasteiger partial charge in [0.1, 0.15) is 11.5 Å². The Bertz CT molecular complexity index is 1040. The predicted octanol–water partition coefficient (Wildman–Crippen LogP) is 4.25. The summed E-state index contributed by atoms with van der Waals surface area (Å²) in [7, 11) is 0. The second kappa shape index (κ2) is 9.39. The lowest BCUT2D eigenvalue weighted by Gasteiger charge is -2.40. The van der Waals surface area contributed by atoms with Crippen molar-refractivity contribution >= 4 is 23.3 Å². The molecule has 0 spiro atoms. The molecular formula is C23H25ClN6O. The van der Waals surface area contributed by atoms with E-state index in [-0.39, 0.29) is 11.9 Å². The summed E-state index contributed by atoms with van der Waals surface area (Å²) in [6.45, 7) is 5.36. The number of aryl methyl sites for hydroxylation is 1. The van der Waals surface area contributed by atoms with Gasteiger partial charge in [0.25, 0.3) is 5.91 Å². The summed E-state index contributed by atoms with van der Waals surface area (Å²) < 4.78 is 0. The quantitative estimate of drug-likeness (QED) is 0.643. The summed E-state index contributed by atoms with van der Waals surface area (Å²) in [6, 6.07) is 9.17. The maximum absolute atomic E-state index is 13.7. The van der Waals surface area contributed by atoms with E-state index in [0.29, 0.717) is 41.1 Å². The molecule has 0 aromatic carbocycles. The number of pyridine rings is 2. The molecule has 4 rings (SSSR count). The molecule has 0 radical (unpaired) electrons. The molecule has 1 fully saturated rings. The first kappa shape index (κ1) is 21.2. The monoisotopic (exact) mass is 436 g/mol. The molecule has 2 atom stereocenters. The molecule has 7 nitrogen and oxygen atoms in total. The SMILES string of the molecule is Cc1ccc(-c2ncccn2)c(C(=O)N2CCCC(C)C2CNc2ccc(Cl)cn2)n1. The summed E-state index contributed by atoms with van der Waals surface area (Å²) in [4.78, 5) is 33.2. The van der Waals surface area contributed by atoms with Crippen molar-refractivity contribution in [2.75, 3.05) is 18.4 Å². The third-order valence-corrected chi connectivity index (χ3v) is 5.86. The van der Waals surface area contributed by atoms with Gasteiger partial charge in [-0.05, 0) is 56.0 Å². The van der Waals surface area contributed by atoms with Gasteiger partial charge in [-0.3, -0.25) is 4.79 Å². The molecule has 31 heavy (non-hydrogen) atoms. The average molecular weight is 437 g/mol. The van der Waals surface area contributed by atoms with Crippen LogP contribution in [0.25, 0.3) is 11.4 Å². The van der Waals surface area contributed by atoms with Crippen LogP contribution < -0.4 is 5.32 Å². The Kier molecular flexibility index (Phi) is 6.42. The van der Waals surface area contributed by atoms with Crippen molar-refractivity contribution in [1.29, 1.82) is 0 Å². The Morgan fingerprint density at radius 3 is 2.74 bits per heavy atom. The maximum atomic E-state index is 13.7. The normalized spacial score (nSPS) is 18.6. The van der Waals surface area contributed by atoms with E-state index in [9.17, 15) is 4.79 Å². The van der Waals surface area contributed by atoms with E-state index in [1.54, 1.807) is 30.7 Å². The fraction of sp³-hybridized carbons (Fsp3) is 0.348. The Labute approximate surface area is 186 Å². The van der Waals surface area contributed by atoms with Gasteiger partial charge in [-0.25, -0.2) is 19.9 Å². The number of nitrogens with zero attached hydrogens (tertiary/aromatic N) is 5. The molecule has 1 aliphatic heterocycles. The topological polar surface area (TPSA) is 83.9 Å². The highest BCUT2D eigenvalue weighted by molar-refractivity contribution is 6.30. The van der Waals surface area contributed by atoms with Crippen molar-refractivity contribution in [2.45, 2.75) is 32.7 Å². The number of rotatable bonds is 5. The highest BCUT2D eigenvalue weighted by atomic mass is 35.5. The average Bonchev–Trinajstić information content (AvgIpc) is 2.79. The first-order valence-corrected chi connectivity index (χ1v) is 10.8. The molecule has 4 heterocycles. The van der Waals surface area contributed by atoms with Crippen LogP contribution in [0.5, 0.6) is 0 Å². The van der Waals surface area contributed by atoms with Gasteiger partial charge >= 0.3 is 0 Å². The summed E-state index contributed by atoms with van der Waals surface area (Å²) in [6.07, 6.45) is 6.99. The van der Waals surface area contributed by atoms with Crippen molar-refractivity contribution in [3.63, 3.8) is 0 Å². The number of halogens is 1. The highest BCUT2D eigenvalue weighted by Gasteiger charge is 2.34. The molecule has 0 aliphatic carbocycles. The number of nitrogens with one attached hydrogen (secondary N) is 1. The second-order valence-electron chi connectivity index (χ2n) is 7.85. The van der Waals surface area contributed by atoms with Gasteiger partial charge in [-0.1, -0.05) is 18.5 Å². The number of hydrogen-bond acceptors (Lipinski definition) is 6. The summed E-state index contributed by atoms with van der Waals surface area (Å²) >= 11 is 5.93. The van der Waals surface area contributed by atoms with E-state index < -0.39 is 0 Å². The molecule has 0 saturated carbocycles. The van der Waals surface area contributed by atoms with Gasteiger partial charge in [0.15, 0.2) is 5.82 Å². The van der Waals surface area contributed by atoms with Gasteiger partial charge < -0.3 is 10.2 Å². The molecule has 160 valence electrons. The van der Waals surface area contributed by atoms with Gasteiger partial charge in [-0.2, -0.15) is 0 Å². The third kappa shape index (κ3) is 4.82. The zero-order valence-corrected chi connectivity index (χ0v) is 18.4. The number of piperidine rings is 1. The maximum Gasteiger partial charge on any atom is 0.273 e. The van der Waals surface area contributed by atoms with Gasteiger partial charge in [0, 0.05) is 37.4 Å². The van der Waals surface area contributed by atoms with Crippen molar-refractivity contribution in [2.24, 2.45) is 5.92 Å². The molecule has 1 amide bonds. The number of likely N-dealkylation sites (tertiary alicyclic amines) is 1. The number of carbonyl (C=O) groups excluding carboxylic acids is 1. The van der Waals surface area contributed by atoms with Crippen molar-refractivity contribution in [3.8, 4) is 11.4 Å². The molecule has 3 aromatic rings. The second-order valence-corrected chi connectivity index (χ2v) is 8.29. The van der Waals surface area contributed by atoms with Crippen LogP contribution in [0.3, 0.4) is 0 Å². The van der Waals surface area contributed by atoms with Gasteiger partial charge in [-0.15, -0.1) is 0 Å². The molecule has 0 bridgehead atoms. The molecule has 1 aliphatic rings. The lowest BCUT2D eigenvalue weighted by Crippen LogP contribution is -2.51. The number of anilines is 1. The van der Waals surface area contributed by atoms with Crippen LogP contribution in [0, 0.1) is 12.8 Å². The number of aromatic nitrogens is 4. The molecular weight excluding hydrogens is 412 g/mol. The van der Waals surface area contributed by atoms with E-state index in [1.807, 2.05) is 30.0 Å². The molecule has 8 heteroatoms. The van der Waals surface area contributed by atoms with E-state index >= 15 is 0 Å². The van der Waals surface area contributed by atoms with Gasteiger partial charge in [0.2, 0.25) is 0 Å². The van der Waals surface area contributed by atoms with E-state index in [2.05, 4.69) is 32.2 Å². The van der Waals surface area contributed by atoms with Crippen LogP contribution in [0.4, 0.5) is 5.82 Å². The van der Waals surface area contributed by atoms with Crippen molar-refractivity contribution in [1.82, 2.24) is 24.8 Å². The van der Waals surface area contributed by atoms with E-state index in [4.69, 9.17) is 11.6 Å². The Morgan fingerprint density at radius 2 is 2.00 bits per heavy atom. The van der Waals surface area contributed by atoms with Crippen LogP contribution >= 0.6 is 11.6 Å². The Hall–Kier alpha value is -3.06. The molecule has 1 saturated heterocycles. The summed E-state index contributed by atoms with van der Waals surface area (Å²) in [5, 5.41) is 3.95. The van der Waals surface area contributed by atoms with Crippen LogP contribution in [-0.4, -0.2) is 49.9 Å². The number of carbonyl (C=O) groups is 1. The fourth-order valence-corrected chi connectivity index (χ4v) is 4.09.